The number of nitrogens with zero attached hydrogens (tertiary/aromatic N) is 1. The monoisotopic (exact) mass is 185 g/mol. The Balaban J connectivity index is 2.47. The van der Waals surface area contributed by atoms with Crippen LogP contribution in [0.5, 0.6) is 0 Å². The second-order valence-electron chi connectivity index (χ2n) is 5.63. The molecule has 78 valence electrons. The molecule has 0 amide bonds. The van der Waals surface area contributed by atoms with Gasteiger partial charge < -0.3 is 10.0 Å². The van der Waals surface area contributed by atoms with Gasteiger partial charge in [-0.05, 0) is 45.2 Å². The minimum absolute atomic E-state index is 0.418. The van der Waals surface area contributed by atoms with Gasteiger partial charge in [0.2, 0.25) is 0 Å². The van der Waals surface area contributed by atoms with Gasteiger partial charge in [-0.2, -0.15) is 0 Å². The SMILES string of the molecule is CN(C)CC1(O)CCC(C)(C)CC1. The average molecular weight is 185 g/mol. The molecule has 1 saturated carbocycles. The van der Waals surface area contributed by atoms with Crippen molar-refractivity contribution in [1.82, 2.24) is 4.90 Å². The fourth-order valence-corrected chi connectivity index (χ4v) is 2.14. The van der Waals surface area contributed by atoms with Crippen molar-refractivity contribution in [2.75, 3.05) is 20.6 Å². The highest BCUT2D eigenvalue weighted by molar-refractivity contribution is 4.90. The summed E-state index contributed by atoms with van der Waals surface area (Å²) in [6, 6.07) is 0. The predicted octanol–water partition coefficient (Wildman–Crippen LogP) is 1.88. The van der Waals surface area contributed by atoms with Crippen LogP contribution in [-0.4, -0.2) is 36.2 Å². The van der Waals surface area contributed by atoms with Crippen LogP contribution in [0, 0.1) is 5.41 Å². The Hall–Kier alpha value is -0.0800. The summed E-state index contributed by atoms with van der Waals surface area (Å²) >= 11 is 0. The second kappa shape index (κ2) is 3.58. The largest absolute Gasteiger partial charge is 0.389 e. The lowest BCUT2D eigenvalue weighted by Gasteiger charge is -2.41. The van der Waals surface area contributed by atoms with Crippen LogP contribution in [0.2, 0.25) is 0 Å². The van der Waals surface area contributed by atoms with Gasteiger partial charge in [-0.3, -0.25) is 0 Å². The van der Waals surface area contributed by atoms with Crippen LogP contribution in [0.3, 0.4) is 0 Å². The van der Waals surface area contributed by atoms with E-state index in [1.807, 2.05) is 14.1 Å². The minimum atomic E-state index is -0.418. The van der Waals surface area contributed by atoms with Crippen molar-refractivity contribution < 1.29 is 5.11 Å². The summed E-state index contributed by atoms with van der Waals surface area (Å²) in [5.41, 5.74) is 0.0254. The quantitative estimate of drug-likeness (QED) is 0.710. The van der Waals surface area contributed by atoms with Gasteiger partial charge in [0, 0.05) is 6.54 Å². The highest BCUT2D eigenvalue weighted by Crippen LogP contribution is 2.40. The van der Waals surface area contributed by atoms with Crippen molar-refractivity contribution in [2.45, 2.75) is 45.1 Å². The van der Waals surface area contributed by atoms with Gasteiger partial charge in [0.25, 0.3) is 0 Å². The van der Waals surface area contributed by atoms with E-state index >= 15 is 0 Å². The summed E-state index contributed by atoms with van der Waals surface area (Å²) in [6.07, 6.45) is 4.21. The van der Waals surface area contributed by atoms with E-state index in [2.05, 4.69) is 18.7 Å². The topological polar surface area (TPSA) is 23.5 Å². The van der Waals surface area contributed by atoms with Crippen LogP contribution < -0.4 is 0 Å². The summed E-state index contributed by atoms with van der Waals surface area (Å²) in [6.45, 7) is 5.40. The molecule has 0 atom stereocenters. The number of rotatable bonds is 2. The van der Waals surface area contributed by atoms with Gasteiger partial charge in [-0.1, -0.05) is 13.8 Å². The molecule has 1 rings (SSSR count). The van der Waals surface area contributed by atoms with E-state index in [9.17, 15) is 5.11 Å². The van der Waals surface area contributed by atoms with Gasteiger partial charge >= 0.3 is 0 Å². The van der Waals surface area contributed by atoms with Crippen LogP contribution >= 0.6 is 0 Å². The van der Waals surface area contributed by atoms with E-state index in [-0.39, 0.29) is 0 Å². The minimum Gasteiger partial charge on any atom is -0.389 e. The van der Waals surface area contributed by atoms with Crippen molar-refractivity contribution in [3.8, 4) is 0 Å². The zero-order valence-corrected chi connectivity index (χ0v) is 9.43. The van der Waals surface area contributed by atoms with E-state index in [0.29, 0.717) is 5.41 Å². The third-order valence-electron chi connectivity index (χ3n) is 3.14. The first-order valence-electron chi connectivity index (χ1n) is 5.20. The fourth-order valence-electron chi connectivity index (χ4n) is 2.14. The smallest absolute Gasteiger partial charge is 0.0774 e. The first kappa shape index (κ1) is 11.0. The van der Waals surface area contributed by atoms with Gasteiger partial charge in [-0.15, -0.1) is 0 Å². The molecule has 1 aliphatic carbocycles. The molecule has 0 aliphatic heterocycles. The normalized spacial score (nSPS) is 26.3. The van der Waals surface area contributed by atoms with Crippen LogP contribution in [0.15, 0.2) is 0 Å². The lowest BCUT2D eigenvalue weighted by Crippen LogP contribution is -2.44. The lowest BCUT2D eigenvalue weighted by molar-refractivity contribution is -0.0415. The molecule has 0 spiro atoms. The van der Waals surface area contributed by atoms with E-state index in [1.165, 1.54) is 0 Å². The number of hydrogen-bond donors (Lipinski definition) is 1. The number of hydrogen-bond acceptors (Lipinski definition) is 2. The Bertz CT molecular complexity index is 165. The molecular weight excluding hydrogens is 162 g/mol. The Morgan fingerprint density at radius 3 is 1.92 bits per heavy atom. The van der Waals surface area contributed by atoms with Gasteiger partial charge in [-0.25, -0.2) is 0 Å². The van der Waals surface area contributed by atoms with Crippen LogP contribution in [0.25, 0.3) is 0 Å². The molecule has 0 heterocycles. The van der Waals surface area contributed by atoms with E-state index in [4.69, 9.17) is 0 Å². The lowest BCUT2D eigenvalue weighted by atomic mass is 9.71. The number of aliphatic hydroxyl groups is 1. The van der Waals surface area contributed by atoms with E-state index < -0.39 is 5.60 Å². The third-order valence-corrected chi connectivity index (χ3v) is 3.14. The Labute approximate surface area is 81.9 Å². The summed E-state index contributed by atoms with van der Waals surface area (Å²) in [7, 11) is 4.05. The fraction of sp³-hybridized carbons (Fsp3) is 1.00. The molecule has 1 fully saturated rings. The van der Waals surface area contributed by atoms with Crippen molar-refractivity contribution in [3.05, 3.63) is 0 Å². The van der Waals surface area contributed by atoms with Crippen LogP contribution in [-0.2, 0) is 0 Å². The van der Waals surface area contributed by atoms with Crippen molar-refractivity contribution >= 4 is 0 Å². The molecule has 0 saturated heterocycles. The van der Waals surface area contributed by atoms with Crippen LogP contribution in [0.1, 0.15) is 39.5 Å². The van der Waals surface area contributed by atoms with Gasteiger partial charge in [0.1, 0.15) is 0 Å². The molecule has 0 aromatic carbocycles. The maximum atomic E-state index is 10.2. The molecule has 1 aliphatic rings. The zero-order chi connectivity index (χ0) is 10.1. The highest BCUT2D eigenvalue weighted by Gasteiger charge is 2.36. The average Bonchev–Trinajstić information content (AvgIpc) is 1.95. The van der Waals surface area contributed by atoms with E-state index in [1.54, 1.807) is 0 Å². The highest BCUT2D eigenvalue weighted by atomic mass is 16.3. The van der Waals surface area contributed by atoms with Gasteiger partial charge in [0.15, 0.2) is 0 Å². The second-order valence-corrected chi connectivity index (χ2v) is 5.63. The first-order chi connectivity index (χ1) is 5.83. The molecule has 0 bridgehead atoms. The van der Waals surface area contributed by atoms with Crippen molar-refractivity contribution in [2.24, 2.45) is 5.41 Å². The Morgan fingerprint density at radius 1 is 1.08 bits per heavy atom. The third kappa shape index (κ3) is 3.28. The maximum Gasteiger partial charge on any atom is 0.0774 e. The molecule has 0 aromatic rings. The summed E-state index contributed by atoms with van der Waals surface area (Å²) in [5, 5.41) is 10.2. The molecule has 13 heavy (non-hydrogen) atoms. The van der Waals surface area contributed by atoms with E-state index in [0.717, 1.165) is 32.2 Å². The summed E-state index contributed by atoms with van der Waals surface area (Å²) in [5.74, 6) is 0. The summed E-state index contributed by atoms with van der Waals surface area (Å²) < 4.78 is 0. The van der Waals surface area contributed by atoms with Crippen molar-refractivity contribution in [3.63, 3.8) is 0 Å². The first-order valence-corrected chi connectivity index (χ1v) is 5.20. The summed E-state index contributed by atoms with van der Waals surface area (Å²) in [4.78, 5) is 2.08. The standard InChI is InChI=1S/C11H23NO/c1-10(2)5-7-11(13,8-6-10)9-12(3)4/h13H,5-9H2,1-4H3. The molecule has 2 heteroatoms. The number of likely N-dealkylation sites (N-methyl/N-ethyl adjacent to an activating group) is 1. The Morgan fingerprint density at radius 2 is 1.54 bits per heavy atom. The maximum absolute atomic E-state index is 10.2. The molecule has 0 unspecified atom stereocenters. The molecule has 2 nitrogen and oxygen atoms in total. The molecule has 0 aromatic heterocycles. The molecule has 0 radical (unpaired) electrons. The van der Waals surface area contributed by atoms with Gasteiger partial charge in [0.05, 0.1) is 5.60 Å². The molecular formula is C11H23NO. The van der Waals surface area contributed by atoms with Crippen LogP contribution in [0.4, 0.5) is 0 Å². The zero-order valence-electron chi connectivity index (χ0n) is 9.43. The van der Waals surface area contributed by atoms with Crippen molar-refractivity contribution in [1.29, 1.82) is 0 Å². The molecule has 1 N–H and O–H groups in total. The Kier molecular flexibility index (Phi) is 3.03. The predicted molar refractivity (Wildman–Crippen MR) is 55.8 cm³/mol.